The van der Waals surface area contributed by atoms with Gasteiger partial charge in [-0.3, -0.25) is 4.99 Å². The van der Waals surface area contributed by atoms with E-state index < -0.39 is 0 Å². The minimum atomic E-state index is 0.688. The van der Waals surface area contributed by atoms with Gasteiger partial charge in [0.15, 0.2) is 5.84 Å². The Morgan fingerprint density at radius 2 is 0.661 bits per heavy atom. The summed E-state index contributed by atoms with van der Waals surface area (Å²) in [4.78, 5) is 9.85. The first-order chi connectivity index (χ1) is 29.2. The molecule has 2 heteroatoms. The predicted octanol–water partition coefficient (Wildman–Crippen LogP) is 14.6. The zero-order valence-corrected chi connectivity index (χ0v) is 32.9. The minimum Gasteiger partial charge on any atom is -0.270 e. The van der Waals surface area contributed by atoms with Gasteiger partial charge in [0.25, 0.3) is 0 Å². The van der Waals surface area contributed by atoms with E-state index >= 15 is 0 Å². The van der Waals surface area contributed by atoms with Gasteiger partial charge in [0, 0.05) is 23.7 Å². The molecule has 0 bridgehead atoms. The first-order valence-electron chi connectivity index (χ1n) is 20.1. The molecular formula is C57H42N2. The molecule has 0 fully saturated rings. The molecule has 9 aromatic carbocycles. The predicted molar refractivity (Wildman–Crippen MR) is 250 cm³/mol. The molecule has 0 aliphatic rings. The van der Waals surface area contributed by atoms with Crippen LogP contribution in [-0.4, -0.2) is 18.6 Å². The summed E-state index contributed by atoms with van der Waals surface area (Å²) in [6, 6.07) is 84.0. The van der Waals surface area contributed by atoms with Gasteiger partial charge in [-0.05, 0) is 85.0 Å². The second-order valence-corrected chi connectivity index (χ2v) is 14.5. The number of hydrogen-bond donors (Lipinski definition) is 0. The van der Waals surface area contributed by atoms with Crippen molar-refractivity contribution in [1.29, 1.82) is 0 Å². The molecule has 0 unspecified atom stereocenters. The Labute approximate surface area is 347 Å². The van der Waals surface area contributed by atoms with Crippen molar-refractivity contribution < 1.29 is 0 Å². The van der Waals surface area contributed by atoms with Gasteiger partial charge in [0.1, 0.15) is 0 Å². The van der Waals surface area contributed by atoms with Crippen LogP contribution >= 0.6 is 0 Å². The molecule has 0 saturated carbocycles. The molecule has 0 aromatic heterocycles. The summed E-state index contributed by atoms with van der Waals surface area (Å²) in [5.74, 6) is 0.688. The van der Waals surface area contributed by atoms with Gasteiger partial charge >= 0.3 is 0 Å². The molecule has 9 aromatic rings. The molecule has 0 aliphatic carbocycles. The van der Waals surface area contributed by atoms with Crippen molar-refractivity contribution in [2.45, 2.75) is 0 Å². The molecule has 2 nitrogen and oxygen atoms in total. The number of benzene rings is 9. The van der Waals surface area contributed by atoms with Gasteiger partial charge in [-0.15, -0.1) is 0 Å². The monoisotopic (exact) mass is 754 g/mol. The van der Waals surface area contributed by atoms with Crippen molar-refractivity contribution in [2.24, 2.45) is 9.98 Å². The standard InChI is InChI=1S/C57H42N2/c1-58-57(46-32-18-7-19-33-46)59-56(45-30-16-6-17-31-45)50-37-21-35-48(39-50)47-34-20-36-49(38-47)52-40-51(41-22-8-2-9-23-41)53(42-24-10-3-11-25-42)55(44-28-14-5-15-29-44)54(52)43-26-12-4-13-27-43/h2-40H,1H3/b58-57-,59-56+. The van der Waals surface area contributed by atoms with E-state index in [1.807, 2.05) is 24.3 Å². The average molecular weight is 755 g/mol. The Morgan fingerprint density at radius 1 is 0.288 bits per heavy atom. The Hall–Kier alpha value is -7.68. The fourth-order valence-electron chi connectivity index (χ4n) is 8.00. The van der Waals surface area contributed by atoms with Crippen LogP contribution < -0.4 is 0 Å². The quantitative estimate of drug-likeness (QED) is 0.104. The average Bonchev–Trinajstić information content (AvgIpc) is 3.33. The normalized spacial score (nSPS) is 11.7. The van der Waals surface area contributed by atoms with Crippen molar-refractivity contribution in [1.82, 2.24) is 0 Å². The number of rotatable bonds is 9. The number of aliphatic imine (C=N–C) groups is 2. The summed E-state index contributed by atoms with van der Waals surface area (Å²) in [5.41, 5.74) is 17.9. The van der Waals surface area contributed by atoms with Gasteiger partial charge in [-0.2, -0.15) is 0 Å². The van der Waals surface area contributed by atoms with Crippen molar-refractivity contribution in [3.05, 3.63) is 253 Å². The van der Waals surface area contributed by atoms with Crippen LogP contribution in [0.4, 0.5) is 0 Å². The van der Waals surface area contributed by atoms with Gasteiger partial charge in [0.2, 0.25) is 0 Å². The Balaban J connectivity index is 1.27. The highest BCUT2D eigenvalue weighted by atomic mass is 14.9. The Kier molecular flexibility index (Phi) is 10.8. The zero-order valence-electron chi connectivity index (χ0n) is 32.9. The third kappa shape index (κ3) is 7.85. The molecule has 0 heterocycles. The van der Waals surface area contributed by atoms with Crippen LogP contribution in [0.1, 0.15) is 16.7 Å². The van der Waals surface area contributed by atoms with Gasteiger partial charge in [-0.1, -0.05) is 218 Å². The van der Waals surface area contributed by atoms with Crippen molar-refractivity contribution in [2.75, 3.05) is 7.05 Å². The zero-order chi connectivity index (χ0) is 39.8. The van der Waals surface area contributed by atoms with Gasteiger partial charge < -0.3 is 0 Å². The van der Waals surface area contributed by atoms with E-state index in [0.717, 1.165) is 39.1 Å². The fourth-order valence-corrected chi connectivity index (χ4v) is 8.00. The summed E-state index contributed by atoms with van der Waals surface area (Å²) in [7, 11) is 1.80. The topological polar surface area (TPSA) is 24.7 Å². The summed E-state index contributed by atoms with van der Waals surface area (Å²) < 4.78 is 0. The van der Waals surface area contributed by atoms with E-state index in [-0.39, 0.29) is 0 Å². The first-order valence-corrected chi connectivity index (χ1v) is 20.1. The molecule has 280 valence electrons. The molecule has 0 amide bonds. The van der Waals surface area contributed by atoms with Crippen molar-refractivity contribution >= 4 is 11.5 Å². The van der Waals surface area contributed by atoms with Crippen LogP contribution in [0.15, 0.2) is 247 Å². The van der Waals surface area contributed by atoms with Crippen LogP contribution in [0.25, 0.3) is 66.8 Å². The lowest BCUT2D eigenvalue weighted by molar-refractivity contribution is 1.38. The molecule has 0 atom stereocenters. The van der Waals surface area contributed by atoms with E-state index in [0.29, 0.717) is 5.84 Å². The SMILES string of the molecule is C/N=C(\N=C(/c1ccccc1)c1cccc(-c2cccc(-c3cc(-c4ccccc4)c(-c4ccccc4)c(-c4ccccc4)c3-c3ccccc3)c2)c1)c1ccccc1. The first kappa shape index (κ1) is 36.9. The molecule has 0 saturated heterocycles. The number of hydrogen-bond acceptors (Lipinski definition) is 1. The maximum Gasteiger partial charge on any atom is 0.154 e. The van der Waals surface area contributed by atoms with Crippen LogP contribution in [0, 0.1) is 0 Å². The van der Waals surface area contributed by atoms with E-state index in [4.69, 9.17) is 4.99 Å². The molecule has 0 spiro atoms. The summed E-state index contributed by atoms with van der Waals surface area (Å²) in [6.07, 6.45) is 0. The van der Waals surface area contributed by atoms with Crippen LogP contribution in [0.3, 0.4) is 0 Å². The molecule has 9 rings (SSSR count). The fraction of sp³-hybridized carbons (Fsp3) is 0.0175. The van der Waals surface area contributed by atoms with Gasteiger partial charge in [-0.25, -0.2) is 4.99 Å². The molecule has 0 N–H and O–H groups in total. The van der Waals surface area contributed by atoms with Gasteiger partial charge in [0.05, 0.1) is 5.71 Å². The lowest BCUT2D eigenvalue weighted by atomic mass is 9.78. The lowest BCUT2D eigenvalue weighted by Gasteiger charge is -2.24. The highest BCUT2D eigenvalue weighted by Gasteiger charge is 2.24. The largest absolute Gasteiger partial charge is 0.270 e. The number of amidine groups is 1. The lowest BCUT2D eigenvalue weighted by Crippen LogP contribution is -2.08. The molecule has 0 aliphatic heterocycles. The van der Waals surface area contributed by atoms with E-state index in [1.54, 1.807) is 7.05 Å². The second-order valence-electron chi connectivity index (χ2n) is 14.5. The molecule has 0 radical (unpaired) electrons. The van der Waals surface area contributed by atoms with Crippen LogP contribution in [0.5, 0.6) is 0 Å². The van der Waals surface area contributed by atoms with E-state index in [2.05, 4.69) is 217 Å². The minimum absolute atomic E-state index is 0.688. The summed E-state index contributed by atoms with van der Waals surface area (Å²) in [6.45, 7) is 0. The third-order valence-electron chi connectivity index (χ3n) is 10.8. The highest BCUT2D eigenvalue weighted by molar-refractivity contribution is 6.20. The molecular weight excluding hydrogens is 713 g/mol. The van der Waals surface area contributed by atoms with Crippen LogP contribution in [0.2, 0.25) is 0 Å². The van der Waals surface area contributed by atoms with Crippen molar-refractivity contribution in [3.63, 3.8) is 0 Å². The maximum absolute atomic E-state index is 5.23. The molecule has 59 heavy (non-hydrogen) atoms. The smallest absolute Gasteiger partial charge is 0.154 e. The highest BCUT2D eigenvalue weighted by Crippen LogP contribution is 2.50. The van der Waals surface area contributed by atoms with Crippen LogP contribution in [-0.2, 0) is 0 Å². The maximum atomic E-state index is 5.23. The van der Waals surface area contributed by atoms with E-state index in [9.17, 15) is 0 Å². The second kappa shape index (κ2) is 17.2. The Bertz CT molecular complexity index is 2880. The van der Waals surface area contributed by atoms with Crippen molar-refractivity contribution in [3.8, 4) is 66.8 Å². The number of nitrogens with zero attached hydrogens (tertiary/aromatic N) is 2. The Morgan fingerprint density at radius 3 is 1.19 bits per heavy atom. The summed E-state index contributed by atoms with van der Waals surface area (Å²) in [5, 5.41) is 0. The summed E-state index contributed by atoms with van der Waals surface area (Å²) >= 11 is 0. The van der Waals surface area contributed by atoms with E-state index in [1.165, 1.54) is 50.1 Å². The third-order valence-corrected chi connectivity index (χ3v) is 10.8.